The van der Waals surface area contributed by atoms with Crippen LogP contribution in [0.15, 0.2) is 72.9 Å². The van der Waals surface area contributed by atoms with Crippen LogP contribution in [-0.2, 0) is 15.7 Å². The molecule has 0 aliphatic carbocycles. The van der Waals surface area contributed by atoms with Gasteiger partial charge in [0.1, 0.15) is 35.3 Å². The lowest BCUT2D eigenvalue weighted by molar-refractivity contribution is -0.137. The number of alkyl halides is 3. The molecule has 0 saturated carbocycles. The molecule has 12 heteroatoms. The summed E-state index contributed by atoms with van der Waals surface area (Å²) in [6.45, 7) is 8.93. The maximum absolute atomic E-state index is 13.7. The van der Waals surface area contributed by atoms with Gasteiger partial charge < -0.3 is 24.3 Å². The van der Waals surface area contributed by atoms with E-state index in [-0.39, 0.29) is 23.9 Å². The first-order valence-corrected chi connectivity index (χ1v) is 14.5. The van der Waals surface area contributed by atoms with Gasteiger partial charge in [0.05, 0.1) is 24.5 Å². The van der Waals surface area contributed by atoms with E-state index in [2.05, 4.69) is 20.5 Å². The van der Waals surface area contributed by atoms with E-state index in [1.807, 2.05) is 24.3 Å². The summed E-state index contributed by atoms with van der Waals surface area (Å²) in [7, 11) is 0. The van der Waals surface area contributed by atoms with Crippen molar-refractivity contribution < 1.29 is 36.9 Å². The molecule has 5 rings (SSSR count). The highest BCUT2D eigenvalue weighted by Gasteiger charge is 2.31. The van der Waals surface area contributed by atoms with Crippen LogP contribution in [0, 0.1) is 0 Å². The number of aromatic nitrogens is 1. The number of hydrogen-bond donors (Lipinski definition) is 2. The maximum Gasteiger partial charge on any atom is 0.416 e. The Morgan fingerprint density at radius 2 is 1.71 bits per heavy atom. The highest BCUT2D eigenvalue weighted by Crippen LogP contribution is 2.37. The number of hydrogen-bond acceptors (Lipinski definition) is 8. The van der Waals surface area contributed by atoms with Crippen LogP contribution in [0.5, 0.6) is 17.2 Å². The normalized spacial score (nSPS) is 14.2. The summed E-state index contributed by atoms with van der Waals surface area (Å²) in [4.78, 5) is 18.8. The summed E-state index contributed by atoms with van der Waals surface area (Å²) >= 11 is 0. The topological polar surface area (TPSA) is 94.2 Å². The molecular formula is C33H35F3N4O5. The number of fused-ring (bicyclic) bond motifs is 1. The van der Waals surface area contributed by atoms with Crippen molar-refractivity contribution in [2.75, 3.05) is 50.1 Å². The smallest absolute Gasteiger partial charge is 0.416 e. The predicted octanol–water partition coefficient (Wildman–Crippen LogP) is 7.85. The summed E-state index contributed by atoms with van der Waals surface area (Å²) in [6.07, 6.45) is -3.65. The quantitative estimate of drug-likeness (QED) is 0.195. The monoisotopic (exact) mass is 624 g/mol. The van der Waals surface area contributed by atoms with Crippen LogP contribution in [0.1, 0.15) is 26.3 Å². The van der Waals surface area contributed by atoms with Crippen molar-refractivity contribution in [3.63, 3.8) is 0 Å². The van der Waals surface area contributed by atoms with E-state index in [1.165, 1.54) is 12.3 Å². The molecule has 0 spiro atoms. The molecule has 3 aromatic carbocycles. The van der Waals surface area contributed by atoms with Gasteiger partial charge in [-0.05, 0) is 51.1 Å². The Hall–Kier alpha value is -4.55. The fraction of sp³-hybridized carbons (Fsp3) is 0.333. The van der Waals surface area contributed by atoms with Gasteiger partial charge in [0.2, 0.25) is 0 Å². The number of morpholine rings is 1. The Kier molecular flexibility index (Phi) is 9.64. The SMILES string of the molecule is CC(C)(C)OC(=O)Nc1ccc(Oc2ccnc(Nc3cc(OCCN4CCOCC4)cc(C(F)(F)F)c3)c2)c2ccccc12. The Morgan fingerprint density at radius 1 is 0.956 bits per heavy atom. The Balaban J connectivity index is 1.32. The first kappa shape index (κ1) is 31.9. The zero-order valence-corrected chi connectivity index (χ0v) is 25.2. The lowest BCUT2D eigenvalue weighted by Gasteiger charge is -2.26. The number of pyridine rings is 1. The van der Waals surface area contributed by atoms with E-state index in [1.54, 1.807) is 45.0 Å². The zero-order valence-electron chi connectivity index (χ0n) is 25.2. The molecule has 0 bridgehead atoms. The minimum atomic E-state index is -4.57. The Labute approximate surface area is 259 Å². The number of carbonyl (C=O) groups excluding carboxylic acids is 1. The molecule has 2 heterocycles. The fourth-order valence-corrected chi connectivity index (χ4v) is 4.74. The molecule has 0 unspecified atom stereocenters. The molecule has 1 aromatic heterocycles. The summed E-state index contributed by atoms with van der Waals surface area (Å²) in [6, 6.07) is 17.6. The number of nitrogens with zero attached hydrogens (tertiary/aromatic N) is 2. The number of carbonyl (C=O) groups is 1. The Bertz CT molecular complexity index is 1640. The standard InChI is InChI=1S/C33H35F3N4O5/c1-32(2,3)45-31(41)39-28-8-9-29(27-7-5-4-6-26(27)28)44-24-10-11-37-30(21-24)38-23-18-22(33(34,35)36)19-25(20-23)43-17-14-40-12-15-42-16-13-40/h4-11,18-21H,12-17H2,1-3H3,(H,37,38)(H,39,41). The second kappa shape index (κ2) is 13.6. The van der Waals surface area contributed by atoms with Gasteiger partial charge in [0.25, 0.3) is 0 Å². The molecule has 1 saturated heterocycles. The molecule has 2 N–H and O–H groups in total. The molecule has 0 radical (unpaired) electrons. The van der Waals surface area contributed by atoms with Crippen LogP contribution in [-0.4, -0.2) is 61.0 Å². The molecule has 9 nitrogen and oxygen atoms in total. The minimum absolute atomic E-state index is 0.0968. The van der Waals surface area contributed by atoms with Gasteiger partial charge in [0.15, 0.2) is 0 Å². The predicted molar refractivity (Wildman–Crippen MR) is 166 cm³/mol. The van der Waals surface area contributed by atoms with E-state index < -0.39 is 23.4 Å². The molecule has 0 atom stereocenters. The average Bonchev–Trinajstić information content (AvgIpc) is 2.98. The third kappa shape index (κ3) is 8.99. The summed E-state index contributed by atoms with van der Waals surface area (Å²) in [5, 5.41) is 7.20. The van der Waals surface area contributed by atoms with Crippen LogP contribution in [0.4, 0.5) is 35.2 Å². The van der Waals surface area contributed by atoms with Gasteiger partial charge in [-0.25, -0.2) is 9.78 Å². The van der Waals surface area contributed by atoms with E-state index in [0.717, 1.165) is 36.0 Å². The highest BCUT2D eigenvalue weighted by atomic mass is 19.4. The van der Waals surface area contributed by atoms with Crippen LogP contribution in [0.2, 0.25) is 0 Å². The second-order valence-corrected chi connectivity index (χ2v) is 11.4. The Morgan fingerprint density at radius 3 is 2.44 bits per heavy atom. The molecule has 1 aliphatic rings. The van der Waals surface area contributed by atoms with Crippen molar-refractivity contribution >= 4 is 34.1 Å². The molecule has 1 aliphatic heterocycles. The van der Waals surface area contributed by atoms with Crippen molar-refractivity contribution in [1.82, 2.24) is 9.88 Å². The van der Waals surface area contributed by atoms with Crippen LogP contribution >= 0.6 is 0 Å². The van der Waals surface area contributed by atoms with Crippen LogP contribution < -0.4 is 20.1 Å². The van der Waals surface area contributed by atoms with E-state index in [0.29, 0.717) is 36.9 Å². The number of anilines is 3. The van der Waals surface area contributed by atoms with Crippen molar-refractivity contribution in [3.05, 3.63) is 78.5 Å². The van der Waals surface area contributed by atoms with Gasteiger partial charge in [-0.2, -0.15) is 13.2 Å². The maximum atomic E-state index is 13.7. The van der Waals surface area contributed by atoms with Crippen LogP contribution in [0.25, 0.3) is 10.8 Å². The summed E-state index contributed by atoms with van der Waals surface area (Å²) < 4.78 is 63.8. The van der Waals surface area contributed by atoms with Gasteiger partial charge in [0, 0.05) is 54.4 Å². The largest absolute Gasteiger partial charge is 0.492 e. The van der Waals surface area contributed by atoms with Gasteiger partial charge in [-0.1, -0.05) is 24.3 Å². The third-order valence-electron chi connectivity index (χ3n) is 6.77. The number of ether oxygens (including phenoxy) is 4. The van der Waals surface area contributed by atoms with Gasteiger partial charge >= 0.3 is 12.3 Å². The average molecular weight is 625 g/mol. The van der Waals surface area contributed by atoms with Crippen molar-refractivity contribution in [2.45, 2.75) is 32.5 Å². The first-order chi connectivity index (χ1) is 21.4. The zero-order chi connectivity index (χ0) is 32.0. The molecule has 45 heavy (non-hydrogen) atoms. The van der Waals surface area contributed by atoms with Gasteiger partial charge in [-0.15, -0.1) is 0 Å². The molecule has 1 amide bonds. The molecule has 1 fully saturated rings. The lowest BCUT2D eigenvalue weighted by Crippen LogP contribution is -2.38. The highest BCUT2D eigenvalue weighted by molar-refractivity contribution is 6.02. The lowest BCUT2D eigenvalue weighted by atomic mass is 10.1. The number of nitrogens with one attached hydrogen (secondary N) is 2. The van der Waals surface area contributed by atoms with Crippen LogP contribution in [0.3, 0.4) is 0 Å². The summed E-state index contributed by atoms with van der Waals surface area (Å²) in [5.74, 6) is 1.28. The number of rotatable bonds is 9. The van der Waals surface area contributed by atoms with Crippen molar-refractivity contribution in [2.24, 2.45) is 0 Å². The minimum Gasteiger partial charge on any atom is -0.492 e. The molecular weight excluding hydrogens is 589 g/mol. The van der Waals surface area contributed by atoms with E-state index >= 15 is 0 Å². The fourth-order valence-electron chi connectivity index (χ4n) is 4.74. The van der Waals surface area contributed by atoms with E-state index in [4.69, 9.17) is 18.9 Å². The summed E-state index contributed by atoms with van der Waals surface area (Å²) in [5.41, 5.74) is -0.773. The van der Waals surface area contributed by atoms with Gasteiger partial charge in [-0.3, -0.25) is 10.2 Å². The van der Waals surface area contributed by atoms with Crippen molar-refractivity contribution in [3.8, 4) is 17.2 Å². The molecule has 238 valence electrons. The first-order valence-electron chi connectivity index (χ1n) is 14.5. The number of benzene rings is 3. The third-order valence-corrected chi connectivity index (χ3v) is 6.77. The van der Waals surface area contributed by atoms with Crippen molar-refractivity contribution in [1.29, 1.82) is 0 Å². The van der Waals surface area contributed by atoms with E-state index in [9.17, 15) is 18.0 Å². The number of amides is 1. The number of halogens is 3. The molecule has 4 aromatic rings. The second-order valence-electron chi connectivity index (χ2n) is 11.4.